The lowest BCUT2D eigenvalue weighted by molar-refractivity contribution is -0.145. The molecule has 164 valence electrons. The number of fused-ring (bicyclic) bond motifs is 1. The third-order valence-electron chi connectivity index (χ3n) is 5.36. The van der Waals surface area contributed by atoms with Gasteiger partial charge in [-0.25, -0.2) is 0 Å². The van der Waals surface area contributed by atoms with Crippen molar-refractivity contribution >= 4 is 40.0 Å². The second-order valence-electron chi connectivity index (χ2n) is 7.65. The van der Waals surface area contributed by atoms with Crippen LogP contribution in [-0.4, -0.2) is 82.5 Å². The number of para-hydroxylation sites is 2. The third kappa shape index (κ3) is 4.87. The first kappa shape index (κ1) is 20.4. The summed E-state index contributed by atoms with van der Waals surface area (Å²) < 4.78 is 12.3. The Morgan fingerprint density at radius 2 is 1.84 bits per heavy atom. The number of carbonyl (C=O) groups excluding carboxylic acids is 2. The zero-order valence-electron chi connectivity index (χ0n) is 16.9. The molecule has 0 spiro atoms. The van der Waals surface area contributed by atoms with Crippen LogP contribution >= 0.6 is 23.1 Å². The van der Waals surface area contributed by atoms with E-state index < -0.39 is 6.10 Å². The number of thioether (sulfide) groups is 1. The molecular formula is C20H23N5O4S2. The summed E-state index contributed by atoms with van der Waals surface area (Å²) in [5, 5.41) is 12.4. The number of rotatable bonds is 6. The van der Waals surface area contributed by atoms with Crippen LogP contribution < -0.4 is 14.8 Å². The van der Waals surface area contributed by atoms with E-state index in [1.165, 1.54) is 35.9 Å². The maximum Gasteiger partial charge on any atom is 0.267 e. The van der Waals surface area contributed by atoms with Crippen molar-refractivity contribution in [3.8, 4) is 11.5 Å². The first-order valence-electron chi connectivity index (χ1n) is 10.3. The van der Waals surface area contributed by atoms with Gasteiger partial charge in [0, 0.05) is 32.2 Å². The van der Waals surface area contributed by atoms with Crippen LogP contribution in [0.15, 0.2) is 28.6 Å². The molecule has 2 amide bonds. The van der Waals surface area contributed by atoms with Gasteiger partial charge >= 0.3 is 0 Å². The average Bonchev–Trinajstić information content (AvgIpc) is 3.52. The number of nitrogens with zero attached hydrogens (tertiary/aromatic N) is 4. The highest BCUT2D eigenvalue weighted by atomic mass is 32.2. The fourth-order valence-electron chi connectivity index (χ4n) is 3.46. The molecule has 2 fully saturated rings. The molecule has 1 aliphatic carbocycles. The molecule has 3 aliphatic rings. The van der Waals surface area contributed by atoms with E-state index in [2.05, 4.69) is 15.5 Å². The van der Waals surface area contributed by atoms with Gasteiger partial charge in [0.05, 0.1) is 5.75 Å². The molecule has 1 unspecified atom stereocenters. The molecule has 1 atom stereocenters. The van der Waals surface area contributed by atoms with Gasteiger partial charge in [-0.2, -0.15) is 0 Å². The number of piperazine rings is 1. The minimum absolute atomic E-state index is 0.0511. The SMILES string of the molecule is O=C(CSc1nnc(NC2CC2)s1)N1CCN(C(=O)C2COc3ccccc3O2)CC1. The molecule has 2 aromatic rings. The van der Waals surface area contributed by atoms with Crippen LogP contribution in [0.3, 0.4) is 0 Å². The summed E-state index contributed by atoms with van der Waals surface area (Å²) in [7, 11) is 0. The number of carbonyl (C=O) groups is 2. The lowest BCUT2D eigenvalue weighted by Crippen LogP contribution is -2.55. The Bertz CT molecular complexity index is 959. The first-order valence-corrected chi connectivity index (χ1v) is 12.1. The Kier molecular flexibility index (Phi) is 5.86. The van der Waals surface area contributed by atoms with Crippen LogP contribution in [0.1, 0.15) is 12.8 Å². The molecule has 1 saturated heterocycles. The molecule has 1 aromatic heterocycles. The minimum atomic E-state index is -0.649. The third-order valence-corrected chi connectivity index (χ3v) is 7.33. The van der Waals surface area contributed by atoms with Gasteiger partial charge < -0.3 is 24.6 Å². The molecule has 2 aliphatic heterocycles. The molecule has 0 bridgehead atoms. The van der Waals surface area contributed by atoms with Crippen molar-refractivity contribution in [1.82, 2.24) is 20.0 Å². The quantitative estimate of drug-likeness (QED) is 0.650. The zero-order valence-corrected chi connectivity index (χ0v) is 18.5. The maximum atomic E-state index is 12.8. The number of benzene rings is 1. The van der Waals surface area contributed by atoms with E-state index >= 15 is 0 Å². The lowest BCUT2D eigenvalue weighted by Gasteiger charge is -2.37. The number of anilines is 1. The topological polar surface area (TPSA) is 96.9 Å². The molecule has 0 radical (unpaired) electrons. The number of hydrogen-bond acceptors (Lipinski definition) is 9. The monoisotopic (exact) mass is 461 g/mol. The highest BCUT2D eigenvalue weighted by molar-refractivity contribution is 8.01. The summed E-state index contributed by atoms with van der Waals surface area (Å²) in [6.07, 6.45) is 1.72. The predicted octanol–water partition coefficient (Wildman–Crippen LogP) is 1.72. The molecule has 1 saturated carbocycles. The number of aromatic nitrogens is 2. The average molecular weight is 462 g/mol. The van der Waals surface area contributed by atoms with Gasteiger partial charge in [0.2, 0.25) is 17.1 Å². The minimum Gasteiger partial charge on any atom is -0.485 e. The zero-order chi connectivity index (χ0) is 21.2. The van der Waals surface area contributed by atoms with Crippen LogP contribution in [0, 0.1) is 0 Å². The van der Waals surface area contributed by atoms with Gasteiger partial charge in [0.25, 0.3) is 5.91 Å². The summed E-state index contributed by atoms with van der Waals surface area (Å²) in [6.45, 7) is 2.21. The van der Waals surface area contributed by atoms with Crippen molar-refractivity contribution in [1.29, 1.82) is 0 Å². The van der Waals surface area contributed by atoms with Gasteiger partial charge in [0.1, 0.15) is 6.61 Å². The Morgan fingerprint density at radius 1 is 1.10 bits per heavy atom. The summed E-state index contributed by atoms with van der Waals surface area (Å²) in [4.78, 5) is 29.0. The van der Waals surface area contributed by atoms with Gasteiger partial charge in [-0.05, 0) is 25.0 Å². The van der Waals surface area contributed by atoms with E-state index in [-0.39, 0.29) is 18.4 Å². The summed E-state index contributed by atoms with van der Waals surface area (Å²) in [5.74, 6) is 1.52. The molecule has 3 heterocycles. The normalized spacial score (nSPS) is 20.5. The van der Waals surface area contributed by atoms with E-state index in [4.69, 9.17) is 9.47 Å². The van der Waals surface area contributed by atoms with Crippen molar-refractivity contribution in [2.24, 2.45) is 0 Å². The predicted molar refractivity (Wildman–Crippen MR) is 117 cm³/mol. The lowest BCUT2D eigenvalue weighted by atomic mass is 10.2. The Labute approximate surface area is 188 Å². The second kappa shape index (κ2) is 8.91. The van der Waals surface area contributed by atoms with Gasteiger partial charge in [0.15, 0.2) is 15.8 Å². The van der Waals surface area contributed by atoms with Crippen molar-refractivity contribution in [2.45, 2.75) is 29.3 Å². The number of hydrogen-bond donors (Lipinski definition) is 1. The largest absolute Gasteiger partial charge is 0.485 e. The molecule has 9 nitrogen and oxygen atoms in total. The molecular weight excluding hydrogens is 438 g/mol. The molecule has 1 aromatic carbocycles. The van der Waals surface area contributed by atoms with E-state index in [9.17, 15) is 9.59 Å². The summed E-state index contributed by atoms with van der Waals surface area (Å²) in [6, 6.07) is 7.88. The van der Waals surface area contributed by atoms with E-state index in [1.807, 2.05) is 18.2 Å². The van der Waals surface area contributed by atoms with Crippen molar-refractivity contribution < 1.29 is 19.1 Å². The van der Waals surface area contributed by atoms with E-state index in [0.29, 0.717) is 49.5 Å². The van der Waals surface area contributed by atoms with Gasteiger partial charge in [-0.15, -0.1) is 10.2 Å². The maximum absolute atomic E-state index is 12.8. The Balaban J connectivity index is 1.07. The van der Waals surface area contributed by atoms with Crippen LogP contribution in [0.5, 0.6) is 11.5 Å². The van der Waals surface area contributed by atoms with Crippen molar-refractivity contribution in [3.05, 3.63) is 24.3 Å². The fourth-order valence-corrected chi connectivity index (χ4v) is 5.20. The molecule has 11 heteroatoms. The smallest absolute Gasteiger partial charge is 0.267 e. The van der Waals surface area contributed by atoms with Gasteiger partial charge in [-0.3, -0.25) is 9.59 Å². The number of amides is 2. The van der Waals surface area contributed by atoms with E-state index in [0.717, 1.165) is 9.47 Å². The van der Waals surface area contributed by atoms with E-state index in [1.54, 1.807) is 15.9 Å². The summed E-state index contributed by atoms with van der Waals surface area (Å²) >= 11 is 2.90. The number of ether oxygens (including phenoxy) is 2. The fraction of sp³-hybridized carbons (Fsp3) is 0.500. The van der Waals surface area contributed by atoms with Crippen LogP contribution in [0.4, 0.5) is 5.13 Å². The number of nitrogens with one attached hydrogen (secondary N) is 1. The highest BCUT2D eigenvalue weighted by Crippen LogP contribution is 2.32. The molecule has 5 rings (SSSR count). The molecule has 31 heavy (non-hydrogen) atoms. The first-order chi connectivity index (χ1) is 15.2. The van der Waals surface area contributed by atoms with Gasteiger partial charge in [-0.1, -0.05) is 35.2 Å². The highest BCUT2D eigenvalue weighted by Gasteiger charge is 2.33. The van der Waals surface area contributed by atoms with Crippen molar-refractivity contribution in [3.63, 3.8) is 0 Å². The standard InChI is InChI=1S/C20H23N5O4S2/c26-17(12-30-20-23-22-19(31-20)21-13-5-6-13)24-7-9-25(10-8-24)18(27)16-11-28-14-3-1-2-4-15(14)29-16/h1-4,13,16H,5-12H2,(H,21,22). The van der Waals surface area contributed by atoms with Crippen LogP contribution in [0.2, 0.25) is 0 Å². The second-order valence-corrected chi connectivity index (χ2v) is 9.85. The van der Waals surface area contributed by atoms with Crippen molar-refractivity contribution in [2.75, 3.05) is 43.9 Å². The summed E-state index contributed by atoms with van der Waals surface area (Å²) in [5.41, 5.74) is 0. The molecule has 1 N–H and O–H groups in total. The Hall–Kier alpha value is -2.53. The van der Waals surface area contributed by atoms with Crippen LogP contribution in [-0.2, 0) is 9.59 Å². The van der Waals surface area contributed by atoms with Crippen LogP contribution in [0.25, 0.3) is 0 Å². The Morgan fingerprint density at radius 3 is 2.61 bits per heavy atom.